The highest BCUT2D eigenvalue weighted by Gasteiger charge is 2.58. The van der Waals surface area contributed by atoms with E-state index in [9.17, 15) is 4.79 Å². The molecule has 2 atom stereocenters. The number of benzene rings is 1. The Morgan fingerprint density at radius 2 is 2.09 bits per heavy atom. The van der Waals surface area contributed by atoms with Crippen molar-refractivity contribution in [3.05, 3.63) is 40.7 Å². The molecular formula is C24H25ClN4O4. The van der Waals surface area contributed by atoms with Crippen molar-refractivity contribution in [3.63, 3.8) is 0 Å². The summed E-state index contributed by atoms with van der Waals surface area (Å²) in [7, 11) is 0. The number of nitriles is 1. The quantitative estimate of drug-likeness (QED) is 0.595. The van der Waals surface area contributed by atoms with E-state index >= 15 is 0 Å². The zero-order valence-electron chi connectivity index (χ0n) is 18.6. The summed E-state index contributed by atoms with van der Waals surface area (Å²) < 4.78 is 17.6. The number of halogens is 1. The van der Waals surface area contributed by atoms with Crippen LogP contribution in [0.15, 0.2) is 24.5 Å². The summed E-state index contributed by atoms with van der Waals surface area (Å²) in [6, 6.07) is 6.86. The Balaban J connectivity index is 1.19. The van der Waals surface area contributed by atoms with E-state index in [0.29, 0.717) is 59.3 Å². The lowest BCUT2D eigenvalue weighted by molar-refractivity contribution is 0.0439. The monoisotopic (exact) mass is 468 g/mol. The van der Waals surface area contributed by atoms with Crippen molar-refractivity contribution in [2.45, 2.75) is 45.1 Å². The van der Waals surface area contributed by atoms with Crippen LogP contribution in [-0.4, -0.2) is 46.3 Å². The van der Waals surface area contributed by atoms with Crippen LogP contribution in [0, 0.1) is 29.6 Å². The largest absolute Gasteiger partial charge is 0.477 e. The molecule has 2 aliphatic carbocycles. The molecule has 2 aromatic rings. The average molecular weight is 469 g/mol. The molecule has 172 valence electrons. The first-order valence-corrected chi connectivity index (χ1v) is 11.5. The Bertz CT molecular complexity index is 1150. The van der Waals surface area contributed by atoms with Crippen LogP contribution in [0.5, 0.6) is 17.5 Å². The van der Waals surface area contributed by atoms with Crippen molar-refractivity contribution in [2.75, 3.05) is 19.7 Å². The van der Waals surface area contributed by atoms with E-state index in [4.69, 9.17) is 31.1 Å². The summed E-state index contributed by atoms with van der Waals surface area (Å²) in [5.41, 5.74) is 0.958. The topological polar surface area (TPSA) is 97.6 Å². The van der Waals surface area contributed by atoms with Crippen molar-refractivity contribution >= 4 is 17.7 Å². The minimum Gasteiger partial charge on any atom is -0.477 e. The van der Waals surface area contributed by atoms with Gasteiger partial charge in [-0.15, -0.1) is 0 Å². The van der Waals surface area contributed by atoms with Crippen LogP contribution >= 0.6 is 11.6 Å². The van der Waals surface area contributed by atoms with Crippen LogP contribution in [0.25, 0.3) is 0 Å². The number of carbonyl (C=O) groups excluding carboxylic acids is 1. The van der Waals surface area contributed by atoms with Gasteiger partial charge < -0.3 is 19.1 Å². The maximum atomic E-state index is 12.4. The number of hydrogen-bond donors (Lipinski definition) is 0. The predicted octanol–water partition coefficient (Wildman–Crippen LogP) is 4.88. The molecule has 0 bridgehead atoms. The minimum atomic E-state index is -0.245. The van der Waals surface area contributed by atoms with Gasteiger partial charge in [-0.25, -0.2) is 14.8 Å². The van der Waals surface area contributed by atoms with Crippen LogP contribution in [0.3, 0.4) is 0 Å². The van der Waals surface area contributed by atoms with Crippen LogP contribution in [0.1, 0.15) is 43.7 Å². The number of rotatable bonds is 6. The maximum Gasteiger partial charge on any atom is 0.410 e. The van der Waals surface area contributed by atoms with Gasteiger partial charge in [0.25, 0.3) is 0 Å². The van der Waals surface area contributed by atoms with Gasteiger partial charge in [-0.2, -0.15) is 5.26 Å². The molecule has 0 N–H and O–H groups in total. The molecule has 3 aliphatic rings. The van der Waals surface area contributed by atoms with Gasteiger partial charge in [-0.1, -0.05) is 11.6 Å². The molecule has 8 nitrogen and oxygen atoms in total. The molecule has 1 aliphatic heterocycles. The first-order valence-electron chi connectivity index (χ1n) is 11.1. The second-order valence-corrected chi connectivity index (χ2v) is 9.94. The lowest BCUT2D eigenvalue weighted by Crippen LogP contribution is -2.42. The second kappa shape index (κ2) is 8.07. The molecule has 2 heterocycles. The number of amides is 1. The second-order valence-electron chi connectivity index (χ2n) is 9.53. The Kier molecular flexibility index (Phi) is 5.32. The molecule has 9 heteroatoms. The number of fused-ring (bicyclic) bond motifs is 1. The molecule has 3 fully saturated rings. The summed E-state index contributed by atoms with van der Waals surface area (Å²) in [6.45, 7) is 5.76. The fourth-order valence-corrected chi connectivity index (χ4v) is 4.54. The van der Waals surface area contributed by atoms with Crippen LogP contribution in [-0.2, 0) is 4.74 Å². The third-order valence-corrected chi connectivity index (χ3v) is 7.28. The third kappa shape index (κ3) is 4.42. The SMILES string of the molecule is Cc1c(OCC23CCN(C(=O)OC4(C)CC4)CC2C3)ncnc1Oc1ccc(C#N)cc1Cl. The zero-order valence-corrected chi connectivity index (χ0v) is 19.4. The summed E-state index contributed by atoms with van der Waals surface area (Å²) in [5.74, 6) is 1.64. The Morgan fingerprint density at radius 3 is 2.79 bits per heavy atom. The first kappa shape index (κ1) is 21.8. The van der Waals surface area contributed by atoms with Crippen molar-refractivity contribution < 1.29 is 19.0 Å². The van der Waals surface area contributed by atoms with Gasteiger partial charge in [0, 0.05) is 18.5 Å². The van der Waals surface area contributed by atoms with Gasteiger partial charge >= 0.3 is 6.09 Å². The minimum absolute atomic E-state index is 0.0785. The number of nitrogens with zero attached hydrogens (tertiary/aromatic N) is 4. The van der Waals surface area contributed by atoms with E-state index in [-0.39, 0.29) is 17.1 Å². The Hall–Kier alpha value is -3.05. The van der Waals surface area contributed by atoms with E-state index < -0.39 is 0 Å². The summed E-state index contributed by atoms with van der Waals surface area (Å²) in [4.78, 5) is 22.7. The van der Waals surface area contributed by atoms with Crippen LogP contribution < -0.4 is 9.47 Å². The molecule has 1 aromatic carbocycles. The third-order valence-electron chi connectivity index (χ3n) is 6.98. The summed E-state index contributed by atoms with van der Waals surface area (Å²) in [5, 5.41) is 9.32. The van der Waals surface area contributed by atoms with Crippen molar-refractivity contribution in [1.82, 2.24) is 14.9 Å². The summed E-state index contributed by atoms with van der Waals surface area (Å²) in [6.07, 6.45) is 5.03. The number of ether oxygens (including phenoxy) is 3. The van der Waals surface area contributed by atoms with Crippen molar-refractivity contribution in [3.8, 4) is 23.6 Å². The van der Waals surface area contributed by atoms with Gasteiger partial charge in [0.05, 0.1) is 28.8 Å². The molecular weight excluding hydrogens is 444 g/mol. The average Bonchev–Trinajstić information content (AvgIpc) is 3.71. The number of hydrogen-bond acceptors (Lipinski definition) is 7. The van der Waals surface area contributed by atoms with Crippen LogP contribution in [0.2, 0.25) is 5.02 Å². The standard InChI is InChI=1S/C24H25ClN4O4/c1-15-20(27-14-28-21(15)32-19-4-3-16(11-26)9-18(19)25)31-13-24-7-8-29(12-17(24)10-24)22(30)33-23(2)5-6-23/h3-4,9,14,17H,5-8,10,12-13H2,1-2H3. The number of piperidine rings is 1. The van der Waals surface area contributed by atoms with Gasteiger partial charge in [0.2, 0.25) is 11.8 Å². The van der Waals surface area contributed by atoms with Crippen molar-refractivity contribution in [1.29, 1.82) is 5.26 Å². The summed E-state index contributed by atoms with van der Waals surface area (Å²) >= 11 is 6.22. The highest BCUT2D eigenvalue weighted by Crippen LogP contribution is 2.58. The number of carbonyl (C=O) groups is 1. The van der Waals surface area contributed by atoms with E-state index in [1.165, 1.54) is 6.33 Å². The molecule has 2 unspecified atom stereocenters. The van der Waals surface area contributed by atoms with E-state index in [2.05, 4.69) is 9.97 Å². The highest BCUT2D eigenvalue weighted by molar-refractivity contribution is 6.32. The Morgan fingerprint density at radius 1 is 1.30 bits per heavy atom. The zero-order chi connectivity index (χ0) is 23.2. The Labute approximate surface area is 197 Å². The van der Waals surface area contributed by atoms with Crippen molar-refractivity contribution in [2.24, 2.45) is 11.3 Å². The lowest BCUT2D eigenvalue weighted by atomic mass is 9.96. The smallest absolute Gasteiger partial charge is 0.410 e. The van der Waals surface area contributed by atoms with Gasteiger partial charge in [0.15, 0.2) is 0 Å². The van der Waals surface area contributed by atoms with Gasteiger partial charge in [0.1, 0.15) is 17.7 Å². The molecule has 5 rings (SSSR count). The first-order chi connectivity index (χ1) is 15.8. The lowest BCUT2D eigenvalue weighted by Gasteiger charge is -2.31. The van der Waals surface area contributed by atoms with Gasteiger partial charge in [-0.3, -0.25) is 0 Å². The molecule has 1 saturated heterocycles. The predicted molar refractivity (Wildman–Crippen MR) is 119 cm³/mol. The highest BCUT2D eigenvalue weighted by atomic mass is 35.5. The van der Waals surface area contributed by atoms with E-state index in [1.54, 1.807) is 18.2 Å². The molecule has 0 radical (unpaired) electrons. The molecule has 1 amide bonds. The molecule has 0 spiro atoms. The maximum absolute atomic E-state index is 12.4. The number of likely N-dealkylation sites (tertiary alicyclic amines) is 1. The fraction of sp³-hybridized carbons (Fsp3) is 0.500. The van der Waals surface area contributed by atoms with Crippen LogP contribution in [0.4, 0.5) is 4.79 Å². The normalized spacial score (nSPS) is 24.3. The van der Waals surface area contributed by atoms with E-state index in [0.717, 1.165) is 25.7 Å². The van der Waals surface area contributed by atoms with E-state index in [1.807, 2.05) is 24.8 Å². The molecule has 2 saturated carbocycles. The molecule has 33 heavy (non-hydrogen) atoms. The van der Waals surface area contributed by atoms with Gasteiger partial charge in [-0.05, 0) is 63.6 Å². The molecule has 1 aromatic heterocycles. The fourth-order valence-electron chi connectivity index (χ4n) is 4.32. The number of aromatic nitrogens is 2.